The number of carbonyl (C=O) groups excluding carboxylic acids is 2. The highest BCUT2D eigenvalue weighted by molar-refractivity contribution is 5.94. The Balaban J connectivity index is 0. The lowest BCUT2D eigenvalue weighted by Gasteiger charge is -1.98. The minimum Gasteiger partial charge on any atom is -0.508 e. The van der Waals surface area contributed by atoms with Crippen LogP contribution in [0.4, 0.5) is 0 Å². The Morgan fingerprint density at radius 2 is 1.41 bits per heavy atom. The highest BCUT2D eigenvalue weighted by Crippen LogP contribution is 2.11. The van der Waals surface area contributed by atoms with Gasteiger partial charge < -0.3 is 31.1 Å². The van der Waals surface area contributed by atoms with Gasteiger partial charge in [-0.05, 0) is 50.4 Å². The summed E-state index contributed by atoms with van der Waals surface area (Å²) >= 11 is 0. The summed E-state index contributed by atoms with van der Waals surface area (Å²) in [6, 6.07) is 12.2. The second-order valence-corrected chi connectivity index (χ2v) is 4.49. The Morgan fingerprint density at radius 3 is 1.78 bits per heavy atom. The molecule has 0 spiro atoms. The predicted molar refractivity (Wildman–Crippen MR) is 104 cm³/mol. The zero-order valence-corrected chi connectivity index (χ0v) is 16.0. The minimum atomic E-state index is -0.444. The maximum absolute atomic E-state index is 10.9. The molecule has 2 aromatic carbocycles. The number of amides is 1. The van der Waals surface area contributed by atoms with Gasteiger partial charge in [-0.2, -0.15) is 0 Å². The molecule has 0 fully saturated rings. The Kier molecular flexibility index (Phi) is 15.8. The number of phenols is 2. The van der Waals surface area contributed by atoms with Crippen molar-refractivity contribution in [3.63, 3.8) is 0 Å². The summed E-state index contributed by atoms with van der Waals surface area (Å²) in [6.45, 7) is 1.93. The molecule has 0 atom stereocenters. The van der Waals surface area contributed by atoms with E-state index < -0.39 is 5.97 Å². The molecule has 6 N–H and O–H groups in total. The van der Waals surface area contributed by atoms with Crippen molar-refractivity contribution >= 4 is 11.9 Å². The summed E-state index contributed by atoms with van der Waals surface area (Å²) in [5.74, 6) is -0.471. The number of methoxy groups -OCH3 is 1. The molecule has 2 rings (SSSR count). The summed E-state index contributed by atoms with van der Waals surface area (Å²) in [4.78, 5) is 21.8. The number of hydrogen-bond acceptors (Lipinski definition) is 7. The average molecular weight is 380 g/mol. The molecular weight excluding hydrogens is 352 g/mol. The number of carbonyl (C=O) groups is 2. The number of phenolic OH excluding ortho intramolecular Hbond substituents is 2. The molecule has 8 nitrogen and oxygen atoms in total. The van der Waals surface area contributed by atoms with E-state index in [4.69, 9.17) is 15.3 Å². The lowest BCUT2D eigenvalue weighted by Crippen LogP contribution is -2.17. The number of nitrogens with two attached hydrogens (primary N) is 1. The molecule has 150 valence electrons. The Labute approximate surface area is 159 Å². The monoisotopic (exact) mass is 380 g/mol. The first-order valence-corrected chi connectivity index (χ1v) is 7.96. The van der Waals surface area contributed by atoms with Gasteiger partial charge in [-0.1, -0.05) is 12.1 Å². The summed E-state index contributed by atoms with van der Waals surface area (Å²) in [6.07, 6.45) is 0. The first kappa shape index (κ1) is 26.1. The predicted octanol–water partition coefficient (Wildman–Crippen LogP) is 1.50. The van der Waals surface area contributed by atoms with E-state index in [1.165, 1.54) is 38.4 Å². The van der Waals surface area contributed by atoms with Gasteiger partial charge in [-0.3, -0.25) is 4.79 Å². The van der Waals surface area contributed by atoms with Crippen molar-refractivity contribution < 1.29 is 29.6 Å². The van der Waals surface area contributed by atoms with Crippen LogP contribution in [0.15, 0.2) is 48.5 Å². The maximum atomic E-state index is 10.9. The number of ether oxygens (including phenoxy) is 1. The average Bonchev–Trinajstić information content (AvgIpc) is 2.69. The number of rotatable bonds is 2. The van der Waals surface area contributed by atoms with Crippen LogP contribution in [0.5, 0.6) is 11.5 Å². The standard InChI is InChI=1S/C8H9NO2.C8H8O3.C2H6O.CH5N/c1-9-8(11)6-3-2-4-7(10)5-6;1-11-8(10)6-3-2-4-7(9)5-6;1-2-3;1-2/h2-5,10H,1H3,(H,9,11);2-5,9H,1H3;3H,2H2,1H3;2H2,1H3. The van der Waals surface area contributed by atoms with E-state index in [-0.39, 0.29) is 24.0 Å². The second kappa shape index (κ2) is 16.4. The third kappa shape index (κ3) is 12.0. The second-order valence-electron chi connectivity index (χ2n) is 4.49. The molecule has 0 saturated carbocycles. The van der Waals surface area contributed by atoms with Crippen LogP contribution in [0.3, 0.4) is 0 Å². The molecular formula is C19H28N2O6. The molecule has 0 radical (unpaired) electrons. The van der Waals surface area contributed by atoms with E-state index in [2.05, 4.69) is 15.8 Å². The minimum absolute atomic E-state index is 0.0629. The largest absolute Gasteiger partial charge is 0.508 e. The lowest BCUT2D eigenvalue weighted by atomic mass is 10.2. The van der Waals surface area contributed by atoms with Crippen molar-refractivity contribution in [2.75, 3.05) is 27.8 Å². The van der Waals surface area contributed by atoms with Crippen LogP contribution in [0.25, 0.3) is 0 Å². The van der Waals surface area contributed by atoms with Gasteiger partial charge >= 0.3 is 5.97 Å². The van der Waals surface area contributed by atoms with Crippen LogP contribution < -0.4 is 11.1 Å². The molecule has 0 unspecified atom stereocenters. The molecule has 0 heterocycles. The van der Waals surface area contributed by atoms with Gasteiger partial charge in [0.1, 0.15) is 11.5 Å². The lowest BCUT2D eigenvalue weighted by molar-refractivity contribution is 0.0600. The van der Waals surface area contributed by atoms with E-state index >= 15 is 0 Å². The highest BCUT2D eigenvalue weighted by atomic mass is 16.5. The molecule has 27 heavy (non-hydrogen) atoms. The Hall–Kier alpha value is -3.10. The Bertz CT molecular complexity index is 619. The Morgan fingerprint density at radius 1 is 1.00 bits per heavy atom. The van der Waals surface area contributed by atoms with Gasteiger partial charge in [0.25, 0.3) is 5.91 Å². The van der Waals surface area contributed by atoms with Crippen LogP contribution in [0, 0.1) is 0 Å². The number of aliphatic hydroxyl groups is 1. The molecule has 0 aliphatic carbocycles. The van der Waals surface area contributed by atoms with Crippen LogP contribution in [-0.2, 0) is 4.74 Å². The van der Waals surface area contributed by atoms with Crippen molar-refractivity contribution in [1.82, 2.24) is 5.32 Å². The third-order valence-corrected chi connectivity index (χ3v) is 2.60. The molecule has 0 aliphatic rings. The first-order chi connectivity index (χ1) is 12.9. The van der Waals surface area contributed by atoms with Gasteiger partial charge in [0.05, 0.1) is 12.7 Å². The van der Waals surface area contributed by atoms with Gasteiger partial charge in [-0.15, -0.1) is 0 Å². The van der Waals surface area contributed by atoms with Crippen molar-refractivity contribution in [1.29, 1.82) is 0 Å². The molecule has 2 aromatic rings. The quantitative estimate of drug-likeness (QED) is 0.497. The molecule has 8 heteroatoms. The number of nitrogens with one attached hydrogen (secondary N) is 1. The molecule has 0 aliphatic heterocycles. The highest BCUT2D eigenvalue weighted by Gasteiger charge is 2.04. The van der Waals surface area contributed by atoms with Crippen LogP contribution in [0.1, 0.15) is 27.6 Å². The van der Waals surface area contributed by atoms with Gasteiger partial charge in [-0.25, -0.2) is 4.79 Å². The van der Waals surface area contributed by atoms with Crippen LogP contribution in [0.2, 0.25) is 0 Å². The normalized spacial score (nSPS) is 8.37. The molecule has 1 amide bonds. The SMILES string of the molecule is CCO.CN.CNC(=O)c1cccc(O)c1.COC(=O)c1cccc(O)c1. The number of aromatic hydroxyl groups is 2. The van der Waals surface area contributed by atoms with Crippen molar-refractivity contribution in [2.45, 2.75) is 6.92 Å². The van der Waals surface area contributed by atoms with Crippen LogP contribution in [-0.4, -0.2) is 55.0 Å². The van der Waals surface area contributed by atoms with E-state index in [9.17, 15) is 9.59 Å². The van der Waals surface area contributed by atoms with Crippen LogP contribution >= 0.6 is 0 Å². The van der Waals surface area contributed by atoms with Crippen molar-refractivity contribution in [3.05, 3.63) is 59.7 Å². The summed E-state index contributed by atoms with van der Waals surface area (Å²) < 4.78 is 4.44. The molecule has 0 bridgehead atoms. The van der Waals surface area contributed by atoms with E-state index in [0.29, 0.717) is 11.1 Å². The fourth-order valence-electron chi connectivity index (χ4n) is 1.54. The zero-order valence-electron chi connectivity index (χ0n) is 16.0. The fourth-order valence-corrected chi connectivity index (χ4v) is 1.54. The first-order valence-electron chi connectivity index (χ1n) is 7.96. The zero-order chi connectivity index (χ0) is 21.2. The van der Waals surface area contributed by atoms with Gasteiger partial charge in [0.2, 0.25) is 0 Å². The van der Waals surface area contributed by atoms with E-state index in [1.807, 2.05) is 0 Å². The number of esters is 1. The summed E-state index contributed by atoms with van der Waals surface area (Å²) in [7, 11) is 4.35. The third-order valence-electron chi connectivity index (χ3n) is 2.60. The summed E-state index contributed by atoms with van der Waals surface area (Å²) in [5.41, 5.74) is 5.32. The summed E-state index contributed by atoms with van der Waals surface area (Å²) in [5, 5.41) is 28.0. The molecule has 0 aromatic heterocycles. The van der Waals surface area contributed by atoms with Gasteiger partial charge in [0.15, 0.2) is 0 Å². The number of hydrogen-bond donors (Lipinski definition) is 5. The maximum Gasteiger partial charge on any atom is 0.337 e. The fraction of sp³-hybridized carbons (Fsp3) is 0.263. The van der Waals surface area contributed by atoms with Crippen molar-refractivity contribution in [2.24, 2.45) is 5.73 Å². The number of benzene rings is 2. The van der Waals surface area contributed by atoms with E-state index in [1.54, 1.807) is 38.2 Å². The topological polar surface area (TPSA) is 142 Å². The van der Waals surface area contributed by atoms with Crippen molar-refractivity contribution in [3.8, 4) is 11.5 Å². The van der Waals surface area contributed by atoms with E-state index in [0.717, 1.165) is 0 Å². The number of aliphatic hydroxyl groups excluding tert-OH is 1. The smallest absolute Gasteiger partial charge is 0.337 e. The van der Waals surface area contributed by atoms with Gasteiger partial charge in [0, 0.05) is 19.2 Å². The molecule has 0 saturated heterocycles.